The molecule has 2 N–H and O–H groups in total. The van der Waals surface area contributed by atoms with Crippen LogP contribution in [0.15, 0.2) is 23.6 Å². The molecular weight excluding hydrogens is 194 g/mol. The summed E-state index contributed by atoms with van der Waals surface area (Å²) in [5.74, 6) is -0.714. The number of carbonyl (C=O) groups is 1. The average molecular weight is 203 g/mol. The van der Waals surface area contributed by atoms with Crippen LogP contribution < -0.4 is 5.48 Å². The van der Waals surface area contributed by atoms with Crippen molar-refractivity contribution in [2.75, 3.05) is 0 Å². The molecule has 0 aromatic carbocycles. The van der Waals surface area contributed by atoms with E-state index in [1.165, 1.54) is 17.6 Å². The van der Waals surface area contributed by atoms with Crippen molar-refractivity contribution in [3.8, 4) is 0 Å². The van der Waals surface area contributed by atoms with E-state index in [1.807, 2.05) is 0 Å². The molecule has 0 bridgehead atoms. The van der Waals surface area contributed by atoms with E-state index in [9.17, 15) is 13.2 Å². The number of rotatable bonds is 2. The number of hydrogen-bond donors (Lipinski definition) is 2. The molecule has 1 aliphatic heterocycles. The molecule has 1 atom stereocenters. The van der Waals surface area contributed by atoms with Gasteiger partial charge in [-0.1, -0.05) is 18.2 Å². The minimum absolute atomic E-state index is 0.264. The molecule has 6 heteroatoms. The molecule has 1 rings (SSSR count). The van der Waals surface area contributed by atoms with Gasteiger partial charge in [0, 0.05) is 11.8 Å². The van der Waals surface area contributed by atoms with Crippen LogP contribution in [0.2, 0.25) is 0 Å². The van der Waals surface area contributed by atoms with E-state index in [4.69, 9.17) is 5.21 Å². The van der Waals surface area contributed by atoms with Crippen molar-refractivity contribution < 1.29 is 18.4 Å². The van der Waals surface area contributed by atoms with E-state index >= 15 is 0 Å². The van der Waals surface area contributed by atoms with E-state index in [0.29, 0.717) is 0 Å². The molecule has 0 fully saturated rings. The van der Waals surface area contributed by atoms with Crippen LogP contribution in [0.1, 0.15) is 6.42 Å². The number of hydroxylamine groups is 1. The molecule has 1 amide bonds. The summed E-state index contributed by atoms with van der Waals surface area (Å²) in [7, 11) is -3.37. The first-order valence-electron chi connectivity index (χ1n) is 3.58. The van der Waals surface area contributed by atoms with Crippen LogP contribution in [-0.2, 0) is 14.6 Å². The summed E-state index contributed by atoms with van der Waals surface area (Å²) in [4.78, 5) is 10.7. The van der Waals surface area contributed by atoms with Crippen molar-refractivity contribution in [2.24, 2.45) is 0 Å². The van der Waals surface area contributed by atoms with Crippen molar-refractivity contribution in [3.63, 3.8) is 0 Å². The van der Waals surface area contributed by atoms with Crippen LogP contribution >= 0.6 is 0 Å². The van der Waals surface area contributed by atoms with Crippen LogP contribution in [0.5, 0.6) is 0 Å². The van der Waals surface area contributed by atoms with Gasteiger partial charge in [-0.3, -0.25) is 10.0 Å². The van der Waals surface area contributed by atoms with Crippen LogP contribution in [0, 0.1) is 0 Å². The van der Waals surface area contributed by atoms with Gasteiger partial charge in [-0.2, -0.15) is 0 Å². The Hall–Kier alpha value is -1.14. The third kappa shape index (κ3) is 2.40. The van der Waals surface area contributed by atoms with Gasteiger partial charge in [0.1, 0.15) is 0 Å². The monoisotopic (exact) mass is 203 g/mol. The normalized spacial score (nSPS) is 24.2. The van der Waals surface area contributed by atoms with E-state index in [-0.39, 0.29) is 6.42 Å². The number of amides is 1. The van der Waals surface area contributed by atoms with Gasteiger partial charge in [0.25, 0.3) is 0 Å². The fourth-order valence-corrected chi connectivity index (χ4v) is 2.17. The summed E-state index contributed by atoms with van der Waals surface area (Å²) >= 11 is 0. The van der Waals surface area contributed by atoms with Crippen LogP contribution in [-0.4, -0.2) is 24.8 Å². The first-order chi connectivity index (χ1) is 6.06. The third-order valence-corrected chi connectivity index (χ3v) is 3.34. The molecule has 0 aromatic rings. The molecule has 1 aliphatic rings. The highest BCUT2D eigenvalue weighted by Crippen LogP contribution is 2.14. The standard InChI is InChI=1S/C7H9NO4S/c9-7(8-10)5-6-3-1-2-4-13(6,11)12/h1-4,6,10H,5H2,(H,8,9). The van der Waals surface area contributed by atoms with Gasteiger partial charge in [-0.15, -0.1) is 0 Å². The fourth-order valence-electron chi connectivity index (χ4n) is 0.966. The number of nitrogens with one attached hydrogen (secondary N) is 1. The molecular formula is C7H9NO4S. The van der Waals surface area contributed by atoms with Crippen molar-refractivity contribution in [3.05, 3.63) is 23.6 Å². The van der Waals surface area contributed by atoms with Gasteiger partial charge in [0.05, 0.1) is 5.25 Å². The largest absolute Gasteiger partial charge is 0.289 e. The number of carbonyl (C=O) groups excluding carboxylic acids is 1. The van der Waals surface area contributed by atoms with Crippen molar-refractivity contribution in [1.29, 1.82) is 0 Å². The maximum absolute atomic E-state index is 11.2. The van der Waals surface area contributed by atoms with Crippen LogP contribution in [0.4, 0.5) is 0 Å². The summed E-state index contributed by atoms with van der Waals surface area (Å²) in [5.41, 5.74) is 1.39. The molecule has 0 aliphatic carbocycles. The van der Waals surface area contributed by atoms with Crippen LogP contribution in [0.25, 0.3) is 0 Å². The van der Waals surface area contributed by atoms with E-state index in [1.54, 1.807) is 6.08 Å². The predicted molar refractivity (Wildman–Crippen MR) is 45.5 cm³/mol. The quantitative estimate of drug-likeness (QED) is 0.479. The summed E-state index contributed by atoms with van der Waals surface area (Å²) in [6, 6.07) is 0. The zero-order valence-electron chi connectivity index (χ0n) is 6.67. The summed E-state index contributed by atoms with van der Waals surface area (Å²) in [5, 5.41) is 8.37. The number of allylic oxidation sites excluding steroid dienone is 2. The zero-order valence-corrected chi connectivity index (χ0v) is 7.49. The highest BCUT2D eigenvalue weighted by atomic mass is 32.2. The molecule has 0 saturated carbocycles. The van der Waals surface area contributed by atoms with Gasteiger partial charge in [-0.05, 0) is 0 Å². The minimum atomic E-state index is -3.37. The minimum Gasteiger partial charge on any atom is -0.289 e. The number of sulfone groups is 1. The lowest BCUT2D eigenvalue weighted by Crippen LogP contribution is -2.28. The highest BCUT2D eigenvalue weighted by Gasteiger charge is 2.24. The van der Waals surface area contributed by atoms with Gasteiger partial charge in [0.15, 0.2) is 9.84 Å². The summed E-state index contributed by atoms with van der Waals surface area (Å²) in [6.07, 6.45) is 4.09. The summed E-state index contributed by atoms with van der Waals surface area (Å²) in [6.45, 7) is 0. The maximum Gasteiger partial charge on any atom is 0.244 e. The van der Waals surface area contributed by atoms with Crippen LogP contribution in [0.3, 0.4) is 0 Å². The van der Waals surface area contributed by atoms with E-state index in [0.717, 1.165) is 5.41 Å². The lowest BCUT2D eigenvalue weighted by Gasteiger charge is -2.11. The second-order valence-electron chi connectivity index (χ2n) is 2.58. The lowest BCUT2D eigenvalue weighted by molar-refractivity contribution is -0.129. The van der Waals surface area contributed by atoms with Crippen molar-refractivity contribution in [1.82, 2.24) is 5.48 Å². The third-order valence-electron chi connectivity index (χ3n) is 1.64. The van der Waals surface area contributed by atoms with Crippen molar-refractivity contribution >= 4 is 15.7 Å². The molecule has 1 unspecified atom stereocenters. The Labute approximate surface area is 75.6 Å². The fraction of sp³-hybridized carbons (Fsp3) is 0.286. The molecule has 72 valence electrons. The smallest absolute Gasteiger partial charge is 0.244 e. The zero-order chi connectivity index (χ0) is 9.90. The molecule has 0 saturated heterocycles. The predicted octanol–water partition coefficient (Wildman–Crippen LogP) is -0.251. The van der Waals surface area contributed by atoms with Gasteiger partial charge in [-0.25, -0.2) is 13.9 Å². The first-order valence-corrected chi connectivity index (χ1v) is 5.19. The first kappa shape index (κ1) is 9.94. The Morgan fingerprint density at radius 1 is 1.46 bits per heavy atom. The molecule has 0 aromatic heterocycles. The molecule has 13 heavy (non-hydrogen) atoms. The highest BCUT2D eigenvalue weighted by molar-refractivity contribution is 7.95. The molecule has 0 radical (unpaired) electrons. The Morgan fingerprint density at radius 3 is 2.69 bits per heavy atom. The SMILES string of the molecule is O=C(CC1C=CC=CS1(=O)=O)NO. The molecule has 5 nitrogen and oxygen atoms in total. The summed E-state index contributed by atoms with van der Waals surface area (Å²) < 4.78 is 22.5. The second-order valence-corrected chi connectivity index (χ2v) is 4.64. The Morgan fingerprint density at radius 2 is 2.15 bits per heavy atom. The van der Waals surface area contributed by atoms with Gasteiger partial charge in [0.2, 0.25) is 5.91 Å². The topological polar surface area (TPSA) is 83.5 Å². The van der Waals surface area contributed by atoms with Crippen molar-refractivity contribution in [2.45, 2.75) is 11.7 Å². The molecule has 1 heterocycles. The Balaban J connectivity index is 2.76. The lowest BCUT2D eigenvalue weighted by atomic mass is 10.2. The second kappa shape index (κ2) is 3.71. The average Bonchev–Trinajstić information content (AvgIpc) is 2.08. The maximum atomic E-state index is 11.2. The molecule has 0 spiro atoms. The van der Waals surface area contributed by atoms with Gasteiger partial charge >= 0.3 is 0 Å². The number of hydrogen-bond acceptors (Lipinski definition) is 4. The van der Waals surface area contributed by atoms with E-state index in [2.05, 4.69) is 0 Å². The van der Waals surface area contributed by atoms with E-state index < -0.39 is 21.0 Å². The Kier molecular flexibility index (Phi) is 2.84. The Bertz CT molecular complexity index is 355. The van der Waals surface area contributed by atoms with Gasteiger partial charge < -0.3 is 0 Å².